The summed E-state index contributed by atoms with van der Waals surface area (Å²) in [7, 11) is 16.8. The van der Waals surface area contributed by atoms with Gasteiger partial charge in [0.2, 0.25) is 68.7 Å². The van der Waals surface area contributed by atoms with Gasteiger partial charge in [0, 0.05) is 173 Å². The number of nitrogens with zero attached hydrogens (tertiary/aromatic N) is 16. The fourth-order valence-electron chi connectivity index (χ4n) is 13.6. The van der Waals surface area contributed by atoms with Gasteiger partial charge in [0.15, 0.2) is 0 Å². The molecule has 12 aromatic heterocycles. The average Bonchev–Trinajstić information content (AvgIpc) is 1.70. The number of pyridine rings is 4. The molecule has 0 fully saturated rings. The molecule has 12 heterocycles. The minimum Gasteiger partial charge on any atom is -0.308 e. The lowest BCUT2D eigenvalue weighted by molar-refractivity contribution is -0.649. The molecule has 0 aliphatic carbocycles. The summed E-state index contributed by atoms with van der Waals surface area (Å²) >= 11 is 0. The van der Waals surface area contributed by atoms with Crippen LogP contribution < -0.4 is 18.3 Å². The van der Waals surface area contributed by atoms with Crippen LogP contribution in [0.2, 0.25) is 0 Å². The van der Waals surface area contributed by atoms with E-state index in [-0.39, 0.29) is 0 Å². The molecule has 16 aromatic rings. The fourth-order valence-corrected chi connectivity index (χ4v) is 13.6. The van der Waals surface area contributed by atoms with Gasteiger partial charge in [-0.15, -0.1) is 0 Å². The van der Waals surface area contributed by atoms with E-state index in [2.05, 4.69) is 356 Å². The van der Waals surface area contributed by atoms with Gasteiger partial charge in [-0.1, -0.05) is 71.8 Å². The molecule has 0 N–H and O–H groups in total. The Morgan fingerprint density at radius 3 is 0.958 bits per heavy atom. The summed E-state index contributed by atoms with van der Waals surface area (Å²) in [5.74, 6) is 3.79. The minimum absolute atomic E-state index is 0.946. The highest BCUT2D eigenvalue weighted by molar-refractivity contribution is 5.69. The van der Waals surface area contributed by atoms with Crippen LogP contribution in [0.15, 0.2) is 220 Å². The van der Waals surface area contributed by atoms with E-state index < -0.39 is 0 Å². The lowest BCUT2D eigenvalue weighted by Crippen LogP contribution is -2.35. The molecule has 16 heteroatoms. The molecule has 0 bridgehead atoms. The third-order valence-electron chi connectivity index (χ3n) is 18.9. The summed E-state index contributed by atoms with van der Waals surface area (Å²) in [4.78, 5) is 17.7. The van der Waals surface area contributed by atoms with Crippen LogP contribution in [0.4, 0.5) is 0 Å². The smallest absolute Gasteiger partial charge is 0.231 e. The van der Waals surface area contributed by atoms with Gasteiger partial charge < -0.3 is 18.3 Å². The van der Waals surface area contributed by atoms with Crippen LogP contribution in [-0.4, -0.2) is 55.8 Å². The molecule has 4 aromatic carbocycles. The Balaban J connectivity index is 0.000000116. The van der Waals surface area contributed by atoms with Gasteiger partial charge in [-0.3, -0.25) is 17.6 Å². The van der Waals surface area contributed by atoms with Crippen molar-refractivity contribution in [3.05, 3.63) is 264 Å². The van der Waals surface area contributed by atoms with Crippen molar-refractivity contribution >= 4 is 23.1 Å². The van der Waals surface area contributed by atoms with Crippen molar-refractivity contribution in [1.82, 2.24) is 55.8 Å². The summed E-state index contributed by atoms with van der Waals surface area (Å²) in [5.41, 5.74) is 29.5. The third kappa shape index (κ3) is 11.7. The zero-order valence-corrected chi connectivity index (χ0v) is 57.9. The normalized spacial score (nSPS) is 11.3. The molecule has 96 heavy (non-hydrogen) atoms. The van der Waals surface area contributed by atoms with Crippen LogP contribution in [0.25, 0.3) is 114 Å². The van der Waals surface area contributed by atoms with Crippen LogP contribution in [0.5, 0.6) is 0 Å². The standard InChI is InChI=1S/4C20H21N4/c1-14-8-9-16(15(2)12-14)17-6-5-7-18(22(17)3)19-13-24-11-10-21-20(24)23(19)4;1-14-8-9-15(2)16(12-14)17-6-5-7-18(22(17)3)19-13-24-11-10-21-20(24)23(19)4;2*1-14-11-17(16-8-6-5-7-15(16)2)22(3)18(12-14)19-13-24-10-9-21-20(24)23(19)4/h4*5-13H,1-4H3/q4*+1. The molecular weight excluding hydrogens is 1180 g/mol. The van der Waals surface area contributed by atoms with Gasteiger partial charge in [0.05, 0.1) is 0 Å². The van der Waals surface area contributed by atoms with E-state index in [1.54, 1.807) is 0 Å². The van der Waals surface area contributed by atoms with E-state index in [0.29, 0.717) is 0 Å². The SMILES string of the molecule is Cc1cc(-c2ccccc2C)[n+](C)c(-c2cn3ccnc3n2C)c1.Cc1cc(-c2ccccc2C)[n+](C)c(-c2cn3ccnc3n2C)c1.Cc1ccc(-c2cccc(-c3cn4ccnc4n3C)[n+]2C)c(C)c1.Cc1ccc(C)c(-c2cccc(-c3cn4ccnc4n3C)[n+]2C)c1. The molecule has 480 valence electrons. The maximum atomic E-state index is 4.43. The van der Waals surface area contributed by atoms with Crippen molar-refractivity contribution in [2.75, 3.05) is 0 Å². The zero-order chi connectivity index (χ0) is 67.4. The lowest BCUT2D eigenvalue weighted by atomic mass is 10.0. The van der Waals surface area contributed by atoms with Crippen molar-refractivity contribution in [1.29, 1.82) is 0 Å². The summed E-state index contributed by atoms with van der Waals surface area (Å²) in [6.45, 7) is 17.2. The van der Waals surface area contributed by atoms with Crippen LogP contribution in [0.3, 0.4) is 0 Å². The molecule has 0 amide bonds. The Kier molecular flexibility index (Phi) is 17.0. The number of hydrogen-bond acceptors (Lipinski definition) is 4. The van der Waals surface area contributed by atoms with Crippen molar-refractivity contribution in [3.8, 4) is 90.6 Å². The Hall–Kier alpha value is -11.5. The number of hydrogen-bond donors (Lipinski definition) is 0. The molecule has 0 aliphatic rings. The minimum atomic E-state index is 0.946. The van der Waals surface area contributed by atoms with Gasteiger partial charge in [-0.2, -0.15) is 18.3 Å². The largest absolute Gasteiger partial charge is 0.308 e. The Morgan fingerprint density at radius 1 is 0.260 bits per heavy atom. The van der Waals surface area contributed by atoms with Crippen molar-refractivity contribution in [2.45, 2.75) is 55.4 Å². The highest BCUT2D eigenvalue weighted by atomic mass is 15.2. The highest BCUT2D eigenvalue weighted by Crippen LogP contribution is 2.31. The van der Waals surface area contributed by atoms with Crippen molar-refractivity contribution < 1.29 is 18.3 Å². The topological polar surface area (TPSA) is 104 Å². The van der Waals surface area contributed by atoms with Crippen LogP contribution in [0, 0.1) is 55.4 Å². The second-order valence-electron chi connectivity index (χ2n) is 25.5. The van der Waals surface area contributed by atoms with Crippen molar-refractivity contribution in [3.63, 3.8) is 0 Å². The molecular formula is C80H84N16+4. The van der Waals surface area contributed by atoms with E-state index in [0.717, 1.165) is 45.9 Å². The molecule has 0 saturated carbocycles. The molecule has 0 spiro atoms. The molecule has 0 aliphatic heterocycles. The van der Waals surface area contributed by atoms with E-state index in [9.17, 15) is 0 Å². The first-order chi connectivity index (χ1) is 46.2. The van der Waals surface area contributed by atoms with Crippen LogP contribution in [-0.2, 0) is 56.4 Å². The molecule has 16 nitrogen and oxygen atoms in total. The first-order valence-electron chi connectivity index (χ1n) is 32.5. The van der Waals surface area contributed by atoms with Gasteiger partial charge >= 0.3 is 0 Å². The monoisotopic (exact) mass is 1270 g/mol. The van der Waals surface area contributed by atoms with Gasteiger partial charge in [-0.05, 0) is 125 Å². The second kappa shape index (κ2) is 25.8. The second-order valence-corrected chi connectivity index (χ2v) is 25.5. The number of imidazole rings is 8. The first-order valence-corrected chi connectivity index (χ1v) is 32.5. The lowest BCUT2D eigenvalue weighted by Gasteiger charge is -2.09. The molecule has 0 atom stereocenters. The summed E-state index contributed by atoms with van der Waals surface area (Å²) in [5, 5.41) is 0. The maximum Gasteiger partial charge on any atom is 0.231 e. The van der Waals surface area contributed by atoms with Crippen LogP contribution >= 0.6 is 0 Å². The number of rotatable bonds is 8. The highest BCUT2D eigenvalue weighted by Gasteiger charge is 2.27. The van der Waals surface area contributed by atoms with E-state index in [1.165, 1.54) is 112 Å². The summed E-state index contributed by atoms with van der Waals surface area (Å²) in [6, 6.07) is 52.2. The number of aromatic nitrogens is 16. The molecule has 0 unspecified atom stereocenters. The molecule has 0 radical (unpaired) electrons. The Labute approximate surface area is 561 Å². The maximum absolute atomic E-state index is 4.43. The van der Waals surface area contributed by atoms with E-state index >= 15 is 0 Å². The van der Waals surface area contributed by atoms with Crippen molar-refractivity contribution in [2.24, 2.45) is 56.4 Å². The van der Waals surface area contributed by atoms with E-state index in [4.69, 9.17) is 0 Å². The van der Waals surface area contributed by atoms with E-state index in [1.807, 2.05) is 49.6 Å². The number of benzene rings is 4. The predicted molar refractivity (Wildman–Crippen MR) is 383 cm³/mol. The predicted octanol–water partition coefficient (Wildman–Crippen LogP) is 13.8. The third-order valence-corrected chi connectivity index (χ3v) is 18.9. The first kappa shape index (κ1) is 63.2. The molecule has 16 rings (SSSR count). The molecule has 0 saturated heterocycles. The quantitative estimate of drug-likeness (QED) is 0.141. The van der Waals surface area contributed by atoms with Gasteiger partial charge in [-0.25, -0.2) is 19.9 Å². The number of fused-ring (bicyclic) bond motifs is 4. The summed E-state index contributed by atoms with van der Waals surface area (Å²) in [6.07, 6.45) is 23.8. The van der Waals surface area contributed by atoms with Gasteiger partial charge in [0.1, 0.15) is 51.0 Å². The summed E-state index contributed by atoms with van der Waals surface area (Å²) < 4.78 is 25.8. The number of aryl methyl sites for hydroxylation is 12. The van der Waals surface area contributed by atoms with Crippen LogP contribution in [0.1, 0.15) is 44.5 Å². The fraction of sp³-hybridized carbons (Fsp3) is 0.200. The Morgan fingerprint density at radius 2 is 0.573 bits per heavy atom. The van der Waals surface area contributed by atoms with Gasteiger partial charge in [0.25, 0.3) is 0 Å². The Bertz CT molecular complexity index is 5410. The zero-order valence-electron chi connectivity index (χ0n) is 57.9. The average molecular weight is 1270 g/mol.